The van der Waals surface area contributed by atoms with Gasteiger partial charge in [-0.2, -0.15) is 0 Å². The average molecular weight is 352 g/mol. The molecule has 2 N–H and O–H groups in total. The Morgan fingerprint density at radius 2 is 2.24 bits per heavy atom. The third-order valence-corrected chi connectivity index (χ3v) is 4.57. The van der Waals surface area contributed by atoms with E-state index in [2.05, 4.69) is 21.9 Å². The molecule has 0 atom stereocenters. The van der Waals surface area contributed by atoms with Crippen LogP contribution in [0.3, 0.4) is 0 Å². The van der Waals surface area contributed by atoms with E-state index >= 15 is 0 Å². The average Bonchev–Trinajstić information content (AvgIpc) is 2.74. The first-order valence-corrected chi connectivity index (χ1v) is 8.73. The maximum Gasteiger partial charge on any atom is 0.287 e. The molecule has 1 fully saturated rings. The summed E-state index contributed by atoms with van der Waals surface area (Å²) in [6, 6.07) is 3.31. The summed E-state index contributed by atoms with van der Waals surface area (Å²) in [6.07, 6.45) is 1.53. The lowest BCUT2D eigenvalue weighted by Gasteiger charge is -2.23. The number of hydrogen-bond donors (Lipinski definition) is 2. The fourth-order valence-corrected chi connectivity index (χ4v) is 3.21. The topological polar surface area (TPSA) is 115 Å². The highest BCUT2D eigenvalue weighted by atomic mass is 35.5. The predicted molar refractivity (Wildman–Crippen MR) is 79.5 cm³/mol. The molecule has 0 unspecified atom stereocenters. The summed E-state index contributed by atoms with van der Waals surface area (Å²) in [5, 5.41) is 13.3. The summed E-state index contributed by atoms with van der Waals surface area (Å²) in [4.78, 5) is 35.2. The Bertz CT molecular complexity index is 621. The van der Waals surface area contributed by atoms with Gasteiger partial charge in [0.15, 0.2) is 5.03 Å². The molecule has 2 heterocycles. The molecular formula is C9H11ClN5O4PS. The van der Waals surface area contributed by atoms with Crippen molar-refractivity contribution in [1.82, 2.24) is 14.6 Å². The molecule has 114 valence electrons. The lowest BCUT2D eigenvalue weighted by atomic mass is 10.3. The van der Waals surface area contributed by atoms with Gasteiger partial charge in [0.05, 0.1) is 0 Å². The van der Waals surface area contributed by atoms with E-state index < -0.39 is 11.7 Å². The van der Waals surface area contributed by atoms with E-state index in [-0.39, 0.29) is 19.0 Å². The van der Waals surface area contributed by atoms with Gasteiger partial charge in [0, 0.05) is 25.8 Å². The highest BCUT2D eigenvalue weighted by Crippen LogP contribution is 2.43. The summed E-state index contributed by atoms with van der Waals surface area (Å²) >= 11 is 10.3. The number of halogens is 1. The number of hydrogen-bond acceptors (Lipinski definition) is 4. The molecule has 0 bridgehead atoms. The first kappa shape index (κ1) is 16.1. The van der Waals surface area contributed by atoms with Gasteiger partial charge in [0.25, 0.3) is 12.6 Å². The van der Waals surface area contributed by atoms with Crippen molar-refractivity contribution in [3.05, 3.63) is 39.2 Å². The molecular weight excluding hydrogens is 341 g/mol. The van der Waals surface area contributed by atoms with Crippen molar-refractivity contribution in [2.24, 2.45) is 5.10 Å². The molecule has 1 aliphatic rings. The van der Waals surface area contributed by atoms with Crippen LogP contribution in [-0.4, -0.2) is 48.4 Å². The molecule has 2 rings (SSSR count). The van der Waals surface area contributed by atoms with Gasteiger partial charge in [-0.25, -0.2) is 15.1 Å². The van der Waals surface area contributed by atoms with E-state index in [1.165, 1.54) is 11.1 Å². The number of pyridine rings is 1. The van der Waals surface area contributed by atoms with Crippen molar-refractivity contribution in [2.75, 3.05) is 13.1 Å². The van der Waals surface area contributed by atoms with E-state index in [9.17, 15) is 19.9 Å². The quantitative estimate of drug-likeness (QED) is 0.351. The molecule has 21 heavy (non-hydrogen) atoms. The van der Waals surface area contributed by atoms with Crippen LogP contribution in [0.4, 0.5) is 0 Å². The Hall–Kier alpha value is -1.32. The smallest absolute Gasteiger partial charge is 0.287 e. The SMILES string of the molecule is O=[N+]([O-])N=C1N(Cc2ccc(Cl)nc2)CCN1P(O)(O)=S. The molecule has 0 radical (unpaired) electrons. The van der Waals surface area contributed by atoms with Gasteiger partial charge in [-0.15, -0.1) is 0 Å². The highest BCUT2D eigenvalue weighted by Gasteiger charge is 2.37. The third kappa shape index (κ3) is 4.08. The van der Waals surface area contributed by atoms with Gasteiger partial charge in [-0.3, -0.25) is 4.67 Å². The van der Waals surface area contributed by atoms with Gasteiger partial charge in [0.1, 0.15) is 10.3 Å². The largest absolute Gasteiger partial charge is 0.331 e. The van der Waals surface area contributed by atoms with Gasteiger partial charge < -0.3 is 14.7 Å². The Balaban J connectivity index is 2.24. The maximum atomic E-state index is 10.6. The first-order valence-electron chi connectivity index (χ1n) is 5.69. The van der Waals surface area contributed by atoms with E-state index in [0.29, 0.717) is 11.7 Å². The van der Waals surface area contributed by atoms with Gasteiger partial charge in [-0.1, -0.05) is 17.7 Å². The second kappa shape index (κ2) is 6.20. The number of rotatable bonds is 4. The third-order valence-electron chi connectivity index (χ3n) is 2.74. The Morgan fingerprint density at radius 3 is 2.76 bits per heavy atom. The molecule has 1 saturated heterocycles. The number of nitrogens with zero attached hydrogens (tertiary/aromatic N) is 5. The molecule has 0 amide bonds. The van der Waals surface area contributed by atoms with Crippen LogP contribution < -0.4 is 0 Å². The molecule has 0 aliphatic carbocycles. The Labute approximate surface area is 129 Å². The zero-order valence-corrected chi connectivity index (χ0v) is 13.0. The minimum absolute atomic E-state index is 0.151. The standard InChI is InChI=1S/C9H11ClN5O4PS/c10-8-2-1-7(5-11-8)6-13-3-4-14(20(18,19)21)9(13)12-15(16)17/h1-2,5H,3-4,6H2,(H2,18,19,21). The van der Waals surface area contributed by atoms with Crippen molar-refractivity contribution >= 4 is 36.0 Å². The van der Waals surface area contributed by atoms with E-state index in [0.717, 1.165) is 10.2 Å². The van der Waals surface area contributed by atoms with Gasteiger partial charge in [0.2, 0.25) is 0 Å². The van der Waals surface area contributed by atoms with E-state index in [1.54, 1.807) is 12.1 Å². The zero-order chi connectivity index (χ0) is 15.6. The van der Waals surface area contributed by atoms with Crippen molar-refractivity contribution in [3.8, 4) is 0 Å². The van der Waals surface area contributed by atoms with Crippen LogP contribution in [0.1, 0.15) is 5.56 Å². The molecule has 0 aromatic carbocycles. The lowest BCUT2D eigenvalue weighted by Crippen LogP contribution is -2.32. The predicted octanol–water partition coefficient (Wildman–Crippen LogP) is 0.609. The van der Waals surface area contributed by atoms with Crippen LogP contribution in [0, 0.1) is 10.1 Å². The maximum absolute atomic E-state index is 10.6. The van der Waals surface area contributed by atoms with Crippen LogP contribution in [0.25, 0.3) is 0 Å². The Morgan fingerprint density at radius 1 is 1.52 bits per heavy atom. The second-order valence-corrected chi connectivity index (χ2v) is 7.55. The summed E-state index contributed by atoms with van der Waals surface area (Å²) in [6.45, 7) is -3.08. The zero-order valence-electron chi connectivity index (χ0n) is 10.5. The van der Waals surface area contributed by atoms with Crippen LogP contribution in [0.2, 0.25) is 5.15 Å². The second-order valence-electron chi connectivity index (χ2n) is 4.18. The fourth-order valence-electron chi connectivity index (χ4n) is 1.88. The monoisotopic (exact) mass is 351 g/mol. The molecule has 12 heteroatoms. The molecule has 1 aliphatic heterocycles. The molecule has 1 aromatic rings. The molecule has 1 aromatic heterocycles. The summed E-state index contributed by atoms with van der Waals surface area (Å²) in [7, 11) is 0. The summed E-state index contributed by atoms with van der Waals surface area (Å²) < 4.78 is 0.981. The molecule has 0 spiro atoms. The van der Waals surface area contributed by atoms with Crippen LogP contribution >= 0.6 is 18.2 Å². The highest BCUT2D eigenvalue weighted by molar-refractivity contribution is 8.08. The van der Waals surface area contributed by atoms with E-state index in [4.69, 9.17) is 11.6 Å². The van der Waals surface area contributed by atoms with Crippen molar-refractivity contribution in [1.29, 1.82) is 0 Å². The van der Waals surface area contributed by atoms with Crippen molar-refractivity contribution in [2.45, 2.75) is 6.54 Å². The number of hydrazone groups is 1. The minimum Gasteiger partial charge on any atom is -0.331 e. The van der Waals surface area contributed by atoms with Crippen LogP contribution in [0.5, 0.6) is 0 Å². The van der Waals surface area contributed by atoms with Crippen molar-refractivity contribution < 1.29 is 14.8 Å². The van der Waals surface area contributed by atoms with Crippen molar-refractivity contribution in [3.63, 3.8) is 0 Å². The lowest BCUT2D eigenvalue weighted by molar-refractivity contribution is -0.486. The normalized spacial score (nSPS) is 17.6. The molecule has 9 nitrogen and oxygen atoms in total. The van der Waals surface area contributed by atoms with Gasteiger partial charge in [-0.05, 0) is 23.4 Å². The summed E-state index contributed by atoms with van der Waals surface area (Å²) in [5.41, 5.74) is 0.751. The van der Waals surface area contributed by atoms with E-state index in [1.807, 2.05) is 0 Å². The van der Waals surface area contributed by atoms with Crippen LogP contribution in [0.15, 0.2) is 23.4 Å². The van der Waals surface area contributed by atoms with Crippen LogP contribution in [-0.2, 0) is 18.4 Å². The minimum atomic E-state index is -3.82. The van der Waals surface area contributed by atoms with Gasteiger partial charge >= 0.3 is 0 Å². The Kier molecular flexibility index (Phi) is 4.74. The number of guanidine groups is 1. The summed E-state index contributed by atoms with van der Waals surface area (Å²) in [5.74, 6) is -0.164. The number of aromatic nitrogens is 1. The fraction of sp³-hybridized carbons (Fsp3) is 0.333. The molecule has 0 saturated carbocycles. The first-order chi connectivity index (χ1) is 9.77. The number of nitro groups is 1.